The molecule has 0 aromatic heterocycles. The van der Waals surface area contributed by atoms with Gasteiger partial charge in [-0.1, -0.05) is 24.3 Å². The summed E-state index contributed by atoms with van der Waals surface area (Å²) in [5.74, 6) is -0.304. The zero-order chi connectivity index (χ0) is 19.3. The van der Waals surface area contributed by atoms with E-state index in [0.717, 1.165) is 12.1 Å². The van der Waals surface area contributed by atoms with E-state index in [9.17, 15) is 18.0 Å². The summed E-state index contributed by atoms with van der Waals surface area (Å²) in [5, 5.41) is 11.8. The molecule has 0 aliphatic rings. The second-order valence-corrected chi connectivity index (χ2v) is 5.93. The van der Waals surface area contributed by atoms with Crippen molar-refractivity contribution in [2.24, 2.45) is 0 Å². The first-order valence-corrected chi connectivity index (χ1v) is 7.88. The summed E-state index contributed by atoms with van der Waals surface area (Å²) in [7, 11) is 1.71. The van der Waals surface area contributed by atoms with Crippen molar-refractivity contribution in [3.8, 4) is 6.07 Å². The smallest absolute Gasteiger partial charge is 0.324 e. The van der Waals surface area contributed by atoms with Gasteiger partial charge in [-0.2, -0.15) is 18.4 Å². The van der Waals surface area contributed by atoms with Crippen LogP contribution in [0.4, 0.5) is 18.9 Å². The van der Waals surface area contributed by atoms with E-state index in [4.69, 9.17) is 5.26 Å². The number of anilines is 1. The van der Waals surface area contributed by atoms with Gasteiger partial charge in [-0.25, -0.2) is 0 Å². The number of likely N-dealkylation sites (N-methyl/N-ethyl adjacent to an activating group) is 1. The van der Waals surface area contributed by atoms with Gasteiger partial charge in [0, 0.05) is 6.54 Å². The van der Waals surface area contributed by atoms with Gasteiger partial charge in [0.1, 0.15) is 6.07 Å². The molecule has 0 saturated carbocycles. The van der Waals surface area contributed by atoms with Gasteiger partial charge in [0.05, 0.1) is 22.9 Å². The number of alkyl halides is 3. The minimum atomic E-state index is -4.37. The number of amides is 1. The molecule has 1 amide bonds. The van der Waals surface area contributed by atoms with Crippen molar-refractivity contribution in [2.75, 3.05) is 12.4 Å². The van der Waals surface area contributed by atoms with Crippen molar-refractivity contribution < 1.29 is 18.0 Å². The maximum atomic E-state index is 12.6. The summed E-state index contributed by atoms with van der Waals surface area (Å²) in [6.07, 6.45) is -4.37. The number of carbonyl (C=O) groups is 1. The molecule has 0 saturated heterocycles. The molecule has 136 valence electrons. The fraction of sp³-hybridized carbons (Fsp3) is 0.263. The van der Waals surface area contributed by atoms with Crippen LogP contribution in [0.2, 0.25) is 0 Å². The fourth-order valence-corrected chi connectivity index (χ4v) is 2.35. The maximum absolute atomic E-state index is 12.6. The maximum Gasteiger partial charge on any atom is 0.416 e. The molecule has 0 spiro atoms. The highest BCUT2D eigenvalue weighted by molar-refractivity contribution is 5.95. The van der Waals surface area contributed by atoms with E-state index in [1.165, 1.54) is 12.1 Å². The van der Waals surface area contributed by atoms with Gasteiger partial charge in [-0.15, -0.1) is 0 Å². The number of nitrogens with zero attached hydrogens (tertiary/aromatic N) is 2. The second-order valence-electron chi connectivity index (χ2n) is 5.93. The molecule has 26 heavy (non-hydrogen) atoms. The summed E-state index contributed by atoms with van der Waals surface area (Å²) in [5.41, 5.74) is 0.744. The Bertz CT molecular complexity index is 810. The Balaban J connectivity index is 2.01. The van der Waals surface area contributed by atoms with E-state index in [-0.39, 0.29) is 5.91 Å². The van der Waals surface area contributed by atoms with Crippen LogP contribution < -0.4 is 5.32 Å². The van der Waals surface area contributed by atoms with Gasteiger partial charge < -0.3 is 5.32 Å². The lowest BCUT2D eigenvalue weighted by Crippen LogP contribution is -2.39. The van der Waals surface area contributed by atoms with Crippen LogP contribution in [0.5, 0.6) is 0 Å². The molecule has 2 aromatic carbocycles. The third kappa shape index (κ3) is 4.83. The number of nitrogens with one attached hydrogen (secondary N) is 1. The minimum absolute atomic E-state index is 0.304. The Morgan fingerprint density at radius 1 is 1.19 bits per heavy atom. The van der Waals surface area contributed by atoms with E-state index < -0.39 is 17.8 Å². The number of para-hydroxylation sites is 1. The quantitative estimate of drug-likeness (QED) is 0.875. The summed E-state index contributed by atoms with van der Waals surface area (Å²) in [4.78, 5) is 14.1. The molecule has 0 bridgehead atoms. The number of hydrogen-bond donors (Lipinski definition) is 1. The largest absolute Gasteiger partial charge is 0.416 e. The monoisotopic (exact) mass is 361 g/mol. The van der Waals surface area contributed by atoms with E-state index >= 15 is 0 Å². The number of halogens is 3. The van der Waals surface area contributed by atoms with Crippen LogP contribution in [0, 0.1) is 11.3 Å². The normalized spacial score (nSPS) is 12.5. The van der Waals surface area contributed by atoms with E-state index in [2.05, 4.69) is 5.32 Å². The Kier molecular flexibility index (Phi) is 6.01. The first-order chi connectivity index (χ1) is 12.2. The van der Waals surface area contributed by atoms with Crippen molar-refractivity contribution in [1.29, 1.82) is 5.26 Å². The van der Waals surface area contributed by atoms with Gasteiger partial charge in [-0.3, -0.25) is 9.69 Å². The number of nitriles is 1. The van der Waals surface area contributed by atoms with Gasteiger partial charge in [0.2, 0.25) is 5.91 Å². The number of benzene rings is 2. The van der Waals surface area contributed by atoms with Crippen molar-refractivity contribution in [3.63, 3.8) is 0 Å². The first kappa shape index (κ1) is 19.5. The Morgan fingerprint density at radius 3 is 2.38 bits per heavy atom. The molecule has 7 heteroatoms. The van der Waals surface area contributed by atoms with E-state index in [1.807, 2.05) is 6.07 Å². The Hall–Kier alpha value is -2.85. The van der Waals surface area contributed by atoms with Crippen LogP contribution in [0.3, 0.4) is 0 Å². The van der Waals surface area contributed by atoms with Crippen molar-refractivity contribution in [2.45, 2.75) is 25.7 Å². The van der Waals surface area contributed by atoms with Crippen molar-refractivity contribution >= 4 is 11.6 Å². The molecule has 0 aliphatic carbocycles. The molecular weight excluding hydrogens is 343 g/mol. The zero-order valence-corrected chi connectivity index (χ0v) is 14.3. The molecule has 0 fully saturated rings. The standard InChI is InChI=1S/C19H18F3N3O/c1-13(18(26)24-17-6-4-3-5-15(17)11-23)25(2)12-14-7-9-16(10-8-14)19(20,21)22/h3-10,13H,12H2,1-2H3,(H,24,26)/t13-/m1/s1. The topological polar surface area (TPSA) is 56.1 Å². The number of rotatable bonds is 5. The fourth-order valence-electron chi connectivity index (χ4n) is 2.35. The molecule has 0 unspecified atom stereocenters. The molecule has 4 nitrogen and oxygen atoms in total. The van der Waals surface area contributed by atoms with E-state index in [1.54, 1.807) is 43.1 Å². The average Bonchev–Trinajstić information content (AvgIpc) is 2.61. The summed E-state index contributed by atoms with van der Waals surface area (Å²) < 4.78 is 37.8. The van der Waals surface area contributed by atoms with Gasteiger partial charge in [-0.05, 0) is 43.8 Å². The molecule has 2 rings (SSSR count). The molecule has 0 heterocycles. The summed E-state index contributed by atoms with van der Waals surface area (Å²) >= 11 is 0. The molecule has 1 atom stereocenters. The summed E-state index contributed by atoms with van der Waals surface area (Å²) in [6, 6.07) is 13.0. The molecule has 1 N–H and O–H groups in total. The molecule has 0 radical (unpaired) electrons. The first-order valence-electron chi connectivity index (χ1n) is 7.88. The predicted molar refractivity (Wildman–Crippen MR) is 92.2 cm³/mol. The van der Waals surface area contributed by atoms with Crippen LogP contribution in [0.15, 0.2) is 48.5 Å². The van der Waals surface area contributed by atoms with E-state index in [0.29, 0.717) is 23.4 Å². The van der Waals surface area contributed by atoms with Crippen LogP contribution in [-0.2, 0) is 17.5 Å². The lowest BCUT2D eigenvalue weighted by atomic mass is 10.1. The second kappa shape index (κ2) is 8.02. The van der Waals surface area contributed by atoms with Gasteiger partial charge in [0.15, 0.2) is 0 Å². The van der Waals surface area contributed by atoms with Crippen LogP contribution in [0.25, 0.3) is 0 Å². The highest BCUT2D eigenvalue weighted by Gasteiger charge is 2.30. The SMILES string of the molecule is C[C@H](C(=O)Nc1ccccc1C#N)N(C)Cc1ccc(C(F)(F)F)cc1. The van der Waals surface area contributed by atoms with Crippen molar-refractivity contribution in [3.05, 3.63) is 65.2 Å². The minimum Gasteiger partial charge on any atom is -0.324 e. The van der Waals surface area contributed by atoms with Crippen LogP contribution in [0.1, 0.15) is 23.6 Å². The van der Waals surface area contributed by atoms with Gasteiger partial charge >= 0.3 is 6.18 Å². The summed E-state index contributed by atoms with van der Waals surface area (Å²) in [6.45, 7) is 2.00. The highest BCUT2D eigenvalue weighted by atomic mass is 19.4. The molecular formula is C19H18F3N3O. The lowest BCUT2D eigenvalue weighted by molar-refractivity contribution is -0.137. The third-order valence-corrected chi connectivity index (χ3v) is 4.06. The average molecular weight is 361 g/mol. The molecule has 2 aromatic rings. The zero-order valence-electron chi connectivity index (χ0n) is 14.3. The van der Waals surface area contributed by atoms with Crippen molar-refractivity contribution in [1.82, 2.24) is 4.90 Å². The van der Waals surface area contributed by atoms with Crippen LogP contribution >= 0.6 is 0 Å². The van der Waals surface area contributed by atoms with Gasteiger partial charge in [0.25, 0.3) is 0 Å². The third-order valence-electron chi connectivity index (χ3n) is 4.06. The Morgan fingerprint density at radius 2 is 1.81 bits per heavy atom. The molecule has 0 aliphatic heterocycles. The highest BCUT2D eigenvalue weighted by Crippen LogP contribution is 2.29. The predicted octanol–water partition coefficient (Wildman–Crippen LogP) is 4.04. The number of carbonyl (C=O) groups excluding carboxylic acids is 1. The lowest BCUT2D eigenvalue weighted by Gasteiger charge is -2.24. The van der Waals surface area contributed by atoms with Crippen LogP contribution in [-0.4, -0.2) is 23.9 Å². The number of hydrogen-bond acceptors (Lipinski definition) is 3. The Labute approximate surface area is 149 Å².